The largest absolute Gasteiger partial charge is 0.332 e. The Morgan fingerprint density at radius 3 is 2.23 bits per heavy atom. The van der Waals surface area contributed by atoms with E-state index in [4.69, 9.17) is 23.2 Å². The van der Waals surface area contributed by atoms with E-state index in [9.17, 15) is 9.59 Å². The Hall–Kier alpha value is -2.89. The summed E-state index contributed by atoms with van der Waals surface area (Å²) < 4.78 is 0. The Kier molecular flexibility index (Phi) is 5.26. The lowest BCUT2D eigenvalue weighted by molar-refractivity contribution is -0.123. The van der Waals surface area contributed by atoms with Crippen LogP contribution in [0.2, 0.25) is 10.0 Å². The number of nitrogens with zero attached hydrogens (tertiary/aromatic N) is 3. The van der Waals surface area contributed by atoms with Gasteiger partial charge in [0.05, 0.1) is 11.4 Å². The number of carbonyl (C=O) groups is 2. The molecule has 1 fully saturated rings. The molecular formula is C23H19Cl2N3O2. The van der Waals surface area contributed by atoms with Crippen LogP contribution in [0.1, 0.15) is 12.5 Å². The van der Waals surface area contributed by atoms with Crippen molar-refractivity contribution in [3.8, 4) is 11.3 Å². The van der Waals surface area contributed by atoms with E-state index in [1.807, 2.05) is 42.5 Å². The van der Waals surface area contributed by atoms with Gasteiger partial charge in [-0.05, 0) is 42.8 Å². The van der Waals surface area contributed by atoms with Crippen LogP contribution in [0.4, 0.5) is 10.5 Å². The number of imide groups is 1. The normalized spacial score (nSPS) is 18.9. The zero-order valence-corrected chi connectivity index (χ0v) is 18.0. The molecule has 3 aromatic rings. The molecule has 1 aliphatic heterocycles. The summed E-state index contributed by atoms with van der Waals surface area (Å²) >= 11 is 12.1. The highest BCUT2D eigenvalue weighted by atomic mass is 35.5. The second-order valence-electron chi connectivity index (χ2n) is 7.47. The minimum atomic E-state index is -1.03. The first-order chi connectivity index (χ1) is 14.3. The second kappa shape index (κ2) is 7.74. The fourth-order valence-electron chi connectivity index (χ4n) is 3.65. The molecular weight excluding hydrogens is 421 g/mol. The van der Waals surface area contributed by atoms with Crippen LogP contribution in [0.15, 0.2) is 66.9 Å². The fourth-order valence-corrected chi connectivity index (χ4v) is 4.16. The van der Waals surface area contributed by atoms with Gasteiger partial charge in [0.15, 0.2) is 0 Å². The topological polar surface area (TPSA) is 53.5 Å². The van der Waals surface area contributed by atoms with Gasteiger partial charge in [0, 0.05) is 35.3 Å². The zero-order chi connectivity index (χ0) is 21.5. The van der Waals surface area contributed by atoms with Crippen LogP contribution in [0.3, 0.4) is 0 Å². The van der Waals surface area contributed by atoms with E-state index in [-0.39, 0.29) is 5.91 Å². The van der Waals surface area contributed by atoms with Crippen molar-refractivity contribution in [1.82, 2.24) is 9.88 Å². The minimum absolute atomic E-state index is 0.317. The number of carbonyl (C=O) groups excluding carboxylic acids is 2. The van der Waals surface area contributed by atoms with Gasteiger partial charge in [-0.15, -0.1) is 0 Å². The highest BCUT2D eigenvalue weighted by Gasteiger charge is 2.53. The maximum absolute atomic E-state index is 13.3. The standard InChI is InChI=1S/C23H19Cl2N3O2/c1-23(14-15-6-8-16(9-7-15)20-5-3-4-10-26-20)21(29)28(22(30)27(23)2)19-12-17(24)11-18(25)13-19/h3-13H,14H2,1-2H3/t23-/m1/s1. The monoisotopic (exact) mass is 439 g/mol. The van der Waals surface area contributed by atoms with Crippen LogP contribution in [0.5, 0.6) is 0 Å². The molecule has 0 bridgehead atoms. The summed E-state index contributed by atoms with van der Waals surface area (Å²) in [4.78, 5) is 33.2. The first kappa shape index (κ1) is 20.4. The summed E-state index contributed by atoms with van der Waals surface area (Å²) in [6.07, 6.45) is 2.13. The molecule has 0 unspecified atom stereocenters. The number of hydrogen-bond acceptors (Lipinski definition) is 3. The van der Waals surface area contributed by atoms with E-state index in [1.165, 1.54) is 4.90 Å². The third kappa shape index (κ3) is 3.55. The summed E-state index contributed by atoms with van der Waals surface area (Å²) in [6, 6.07) is 17.9. The first-order valence-corrected chi connectivity index (χ1v) is 10.1. The molecule has 0 saturated carbocycles. The summed E-state index contributed by atoms with van der Waals surface area (Å²) in [6.45, 7) is 1.77. The highest BCUT2D eigenvalue weighted by molar-refractivity contribution is 6.35. The van der Waals surface area contributed by atoms with E-state index in [0.717, 1.165) is 21.7 Å². The number of aromatic nitrogens is 1. The molecule has 0 N–H and O–H groups in total. The number of hydrogen-bond donors (Lipinski definition) is 0. The molecule has 5 nitrogen and oxygen atoms in total. The molecule has 1 saturated heterocycles. The molecule has 2 aromatic carbocycles. The molecule has 0 spiro atoms. The molecule has 0 aliphatic carbocycles. The van der Waals surface area contributed by atoms with Gasteiger partial charge >= 0.3 is 6.03 Å². The Balaban J connectivity index is 1.62. The Morgan fingerprint density at radius 1 is 0.967 bits per heavy atom. The van der Waals surface area contributed by atoms with E-state index < -0.39 is 11.6 Å². The van der Waals surface area contributed by atoms with Crippen molar-refractivity contribution in [2.45, 2.75) is 18.9 Å². The third-order valence-corrected chi connectivity index (χ3v) is 5.89. The molecule has 0 radical (unpaired) electrons. The quantitative estimate of drug-likeness (QED) is 0.507. The average Bonchev–Trinajstić information content (AvgIpc) is 2.89. The summed E-state index contributed by atoms with van der Waals surface area (Å²) in [7, 11) is 1.63. The number of rotatable bonds is 4. The number of amides is 3. The van der Waals surface area contributed by atoms with Crippen LogP contribution in [0, 0.1) is 0 Å². The van der Waals surface area contributed by atoms with Gasteiger partial charge in [-0.25, -0.2) is 9.69 Å². The summed E-state index contributed by atoms with van der Waals surface area (Å²) in [5, 5.41) is 0.721. The van der Waals surface area contributed by atoms with Gasteiger partial charge in [-0.3, -0.25) is 9.78 Å². The molecule has 1 aliphatic rings. The molecule has 2 heterocycles. The predicted octanol–water partition coefficient (Wildman–Crippen LogP) is 5.46. The molecule has 7 heteroatoms. The van der Waals surface area contributed by atoms with E-state index in [2.05, 4.69) is 4.98 Å². The number of pyridine rings is 1. The molecule has 1 atom stereocenters. The van der Waals surface area contributed by atoms with Crippen molar-refractivity contribution in [2.24, 2.45) is 0 Å². The van der Waals surface area contributed by atoms with Crippen molar-refractivity contribution < 1.29 is 9.59 Å². The molecule has 1 aromatic heterocycles. The number of benzene rings is 2. The molecule has 30 heavy (non-hydrogen) atoms. The number of anilines is 1. The fraction of sp³-hybridized carbons (Fsp3) is 0.174. The number of halogens is 2. The van der Waals surface area contributed by atoms with Gasteiger partial charge in [-0.2, -0.15) is 0 Å². The van der Waals surface area contributed by atoms with Gasteiger partial charge in [0.25, 0.3) is 5.91 Å². The average molecular weight is 440 g/mol. The number of urea groups is 1. The Morgan fingerprint density at radius 2 is 1.63 bits per heavy atom. The minimum Gasteiger partial charge on any atom is -0.312 e. The summed E-state index contributed by atoms with van der Waals surface area (Å²) in [5.74, 6) is -0.317. The van der Waals surface area contributed by atoms with Gasteiger partial charge in [0.2, 0.25) is 0 Å². The zero-order valence-electron chi connectivity index (χ0n) is 16.5. The van der Waals surface area contributed by atoms with Crippen molar-refractivity contribution in [3.63, 3.8) is 0 Å². The lowest BCUT2D eigenvalue weighted by Gasteiger charge is -2.28. The molecule has 3 amide bonds. The maximum Gasteiger partial charge on any atom is 0.332 e. The smallest absolute Gasteiger partial charge is 0.312 e. The van der Waals surface area contributed by atoms with Crippen LogP contribution in [0.25, 0.3) is 11.3 Å². The van der Waals surface area contributed by atoms with Crippen LogP contribution >= 0.6 is 23.2 Å². The lowest BCUT2D eigenvalue weighted by atomic mass is 9.91. The molecule has 4 rings (SSSR count). The Bertz CT molecular complexity index is 1100. The SMILES string of the molecule is CN1C(=O)N(c2cc(Cl)cc(Cl)c2)C(=O)[C@@]1(C)Cc1ccc(-c2ccccn2)cc1. The van der Waals surface area contributed by atoms with Crippen LogP contribution < -0.4 is 4.90 Å². The van der Waals surface area contributed by atoms with Gasteiger partial charge in [0.1, 0.15) is 5.54 Å². The van der Waals surface area contributed by atoms with E-state index in [0.29, 0.717) is 22.2 Å². The predicted molar refractivity (Wildman–Crippen MR) is 119 cm³/mol. The van der Waals surface area contributed by atoms with Gasteiger partial charge < -0.3 is 4.90 Å². The highest BCUT2D eigenvalue weighted by Crippen LogP contribution is 2.36. The van der Waals surface area contributed by atoms with Crippen molar-refractivity contribution >= 4 is 40.8 Å². The first-order valence-electron chi connectivity index (χ1n) is 9.38. The maximum atomic E-state index is 13.3. The van der Waals surface area contributed by atoms with Crippen molar-refractivity contribution in [1.29, 1.82) is 0 Å². The number of likely N-dealkylation sites (N-methyl/N-ethyl adjacent to an activating group) is 1. The van der Waals surface area contributed by atoms with Crippen LogP contribution in [-0.2, 0) is 11.2 Å². The van der Waals surface area contributed by atoms with E-state index in [1.54, 1.807) is 38.4 Å². The van der Waals surface area contributed by atoms with Crippen molar-refractivity contribution in [2.75, 3.05) is 11.9 Å². The van der Waals surface area contributed by atoms with E-state index >= 15 is 0 Å². The second-order valence-corrected chi connectivity index (χ2v) is 8.35. The van der Waals surface area contributed by atoms with Gasteiger partial charge in [-0.1, -0.05) is 53.5 Å². The molecule has 152 valence electrons. The van der Waals surface area contributed by atoms with Crippen LogP contribution in [-0.4, -0.2) is 34.4 Å². The van der Waals surface area contributed by atoms with Crippen molar-refractivity contribution in [3.05, 3.63) is 82.5 Å². The summed E-state index contributed by atoms with van der Waals surface area (Å²) in [5.41, 5.74) is 2.14. The third-order valence-electron chi connectivity index (χ3n) is 5.45. The Labute approximate surface area is 184 Å². The lowest BCUT2D eigenvalue weighted by Crippen LogP contribution is -2.47.